The second-order valence-electron chi connectivity index (χ2n) is 4.15. The lowest BCUT2D eigenvalue weighted by Gasteiger charge is -2.17. The molecule has 0 aromatic carbocycles. The largest absolute Gasteiger partial charge is 0.480 e. The normalized spacial score (nSPS) is 12.5. The highest BCUT2D eigenvalue weighted by Gasteiger charge is 2.24. The molecule has 1 amide bonds. The van der Waals surface area contributed by atoms with E-state index in [4.69, 9.17) is 5.11 Å². The number of hydrogen-bond acceptors (Lipinski definition) is 3. The third-order valence-electron chi connectivity index (χ3n) is 2.45. The van der Waals surface area contributed by atoms with Gasteiger partial charge in [0.05, 0.1) is 4.88 Å². The topological polar surface area (TPSA) is 66.4 Å². The molecule has 94 valence electrons. The summed E-state index contributed by atoms with van der Waals surface area (Å²) in [5.74, 6) is -1.45. The van der Waals surface area contributed by atoms with Crippen LogP contribution in [0.2, 0.25) is 0 Å². The molecule has 17 heavy (non-hydrogen) atoms. The fourth-order valence-electron chi connectivity index (χ4n) is 1.42. The molecular weight excluding hydrogens is 238 g/mol. The monoisotopic (exact) mass is 255 g/mol. The van der Waals surface area contributed by atoms with Crippen molar-refractivity contribution in [1.29, 1.82) is 0 Å². The maximum Gasteiger partial charge on any atom is 0.326 e. The van der Waals surface area contributed by atoms with Crippen LogP contribution in [0.15, 0.2) is 12.1 Å². The van der Waals surface area contributed by atoms with Crippen molar-refractivity contribution in [2.45, 2.75) is 33.2 Å². The number of amides is 1. The lowest BCUT2D eigenvalue weighted by atomic mass is 10.0. The molecule has 0 saturated heterocycles. The molecular formula is C12H17NO3S. The number of carbonyl (C=O) groups is 2. The minimum Gasteiger partial charge on any atom is -0.480 e. The molecule has 0 bridgehead atoms. The van der Waals surface area contributed by atoms with Crippen LogP contribution in [0.4, 0.5) is 0 Å². The Morgan fingerprint density at radius 3 is 2.47 bits per heavy atom. The van der Waals surface area contributed by atoms with Gasteiger partial charge < -0.3 is 10.4 Å². The number of carbonyl (C=O) groups excluding carboxylic acids is 1. The van der Waals surface area contributed by atoms with Gasteiger partial charge in [0.2, 0.25) is 0 Å². The second kappa shape index (κ2) is 5.82. The van der Waals surface area contributed by atoms with Crippen molar-refractivity contribution in [2.24, 2.45) is 5.92 Å². The summed E-state index contributed by atoms with van der Waals surface area (Å²) in [4.78, 5) is 24.5. The van der Waals surface area contributed by atoms with E-state index in [-0.39, 0.29) is 11.8 Å². The lowest BCUT2D eigenvalue weighted by Crippen LogP contribution is -2.44. The van der Waals surface area contributed by atoms with Crippen LogP contribution in [-0.4, -0.2) is 23.0 Å². The van der Waals surface area contributed by atoms with Crippen LogP contribution in [-0.2, 0) is 11.2 Å². The first-order valence-corrected chi connectivity index (χ1v) is 6.39. The predicted molar refractivity (Wildman–Crippen MR) is 67.4 cm³/mol. The Morgan fingerprint density at radius 1 is 1.41 bits per heavy atom. The standard InChI is InChI=1S/C12H17NO3S/c1-4-8-5-6-9(17-8)11(14)13-10(7(2)3)12(15)16/h5-7,10H,4H2,1-3H3,(H,13,14)(H,15,16)/t10-/m0/s1. The molecule has 1 aromatic heterocycles. The van der Waals surface area contributed by atoms with Gasteiger partial charge in [0, 0.05) is 4.88 Å². The summed E-state index contributed by atoms with van der Waals surface area (Å²) >= 11 is 1.40. The van der Waals surface area contributed by atoms with Crippen molar-refractivity contribution in [3.8, 4) is 0 Å². The van der Waals surface area contributed by atoms with Crippen LogP contribution in [0, 0.1) is 5.92 Å². The third-order valence-corrected chi connectivity index (χ3v) is 3.68. The maximum absolute atomic E-state index is 11.8. The van der Waals surface area contributed by atoms with Crippen molar-refractivity contribution < 1.29 is 14.7 Å². The quantitative estimate of drug-likeness (QED) is 0.847. The van der Waals surface area contributed by atoms with E-state index in [1.54, 1.807) is 19.9 Å². The van der Waals surface area contributed by atoms with Crippen molar-refractivity contribution in [3.63, 3.8) is 0 Å². The Bertz CT molecular complexity index is 412. The van der Waals surface area contributed by atoms with E-state index in [0.29, 0.717) is 4.88 Å². The number of nitrogens with one attached hydrogen (secondary N) is 1. The van der Waals surface area contributed by atoms with Gasteiger partial charge in [0.25, 0.3) is 5.91 Å². The Kier molecular flexibility index (Phi) is 4.69. The van der Waals surface area contributed by atoms with E-state index in [1.807, 2.05) is 13.0 Å². The van der Waals surface area contributed by atoms with Crippen LogP contribution in [0.3, 0.4) is 0 Å². The highest BCUT2D eigenvalue weighted by atomic mass is 32.1. The number of carboxylic acids is 1. The number of hydrogen-bond donors (Lipinski definition) is 2. The average Bonchev–Trinajstić information content (AvgIpc) is 2.73. The molecule has 0 spiro atoms. The Morgan fingerprint density at radius 2 is 2.06 bits per heavy atom. The summed E-state index contributed by atoms with van der Waals surface area (Å²) in [6.45, 7) is 5.55. The fraction of sp³-hybridized carbons (Fsp3) is 0.500. The van der Waals surface area contributed by atoms with Gasteiger partial charge in [-0.05, 0) is 24.5 Å². The molecule has 0 aliphatic heterocycles. The molecule has 4 nitrogen and oxygen atoms in total. The van der Waals surface area contributed by atoms with Crippen LogP contribution >= 0.6 is 11.3 Å². The van der Waals surface area contributed by atoms with E-state index >= 15 is 0 Å². The summed E-state index contributed by atoms with van der Waals surface area (Å²) in [6.07, 6.45) is 0.879. The number of aryl methyl sites for hydroxylation is 1. The van der Waals surface area contributed by atoms with E-state index in [1.165, 1.54) is 11.3 Å². The van der Waals surface area contributed by atoms with Crippen molar-refractivity contribution in [2.75, 3.05) is 0 Å². The average molecular weight is 255 g/mol. The molecule has 0 saturated carbocycles. The highest BCUT2D eigenvalue weighted by Crippen LogP contribution is 2.17. The summed E-state index contributed by atoms with van der Waals surface area (Å²) in [7, 11) is 0. The zero-order chi connectivity index (χ0) is 13.0. The molecule has 0 aliphatic rings. The first kappa shape index (κ1) is 13.7. The van der Waals surface area contributed by atoms with E-state index in [9.17, 15) is 9.59 Å². The van der Waals surface area contributed by atoms with Gasteiger partial charge >= 0.3 is 5.97 Å². The first-order valence-electron chi connectivity index (χ1n) is 5.58. The Balaban J connectivity index is 2.73. The predicted octanol–water partition coefficient (Wildman–Crippen LogP) is 2.15. The summed E-state index contributed by atoms with van der Waals surface area (Å²) in [5.41, 5.74) is 0. The second-order valence-corrected chi connectivity index (χ2v) is 5.32. The SMILES string of the molecule is CCc1ccc(C(=O)N[C@H](C(=O)O)C(C)C)s1. The molecule has 0 aliphatic carbocycles. The summed E-state index contributed by atoms with van der Waals surface area (Å²) in [5, 5.41) is 11.5. The van der Waals surface area contributed by atoms with Crippen molar-refractivity contribution in [1.82, 2.24) is 5.32 Å². The van der Waals surface area contributed by atoms with Crippen molar-refractivity contribution in [3.05, 3.63) is 21.9 Å². The molecule has 1 heterocycles. The zero-order valence-corrected chi connectivity index (χ0v) is 11.0. The molecule has 1 aromatic rings. The third kappa shape index (κ3) is 3.56. The van der Waals surface area contributed by atoms with Crippen LogP contribution in [0.5, 0.6) is 0 Å². The maximum atomic E-state index is 11.8. The first-order chi connectivity index (χ1) is 7.95. The van der Waals surface area contributed by atoms with Crippen LogP contribution in [0.25, 0.3) is 0 Å². The van der Waals surface area contributed by atoms with Gasteiger partial charge in [0.15, 0.2) is 0 Å². The molecule has 1 atom stereocenters. The lowest BCUT2D eigenvalue weighted by molar-refractivity contribution is -0.140. The molecule has 2 N–H and O–H groups in total. The van der Waals surface area contributed by atoms with Gasteiger partial charge in [-0.1, -0.05) is 20.8 Å². The van der Waals surface area contributed by atoms with E-state index in [0.717, 1.165) is 11.3 Å². The molecule has 0 fully saturated rings. The van der Waals surface area contributed by atoms with Gasteiger partial charge in [-0.3, -0.25) is 4.79 Å². The van der Waals surface area contributed by atoms with Crippen molar-refractivity contribution >= 4 is 23.2 Å². The van der Waals surface area contributed by atoms with Gasteiger partial charge in [0.1, 0.15) is 6.04 Å². The smallest absolute Gasteiger partial charge is 0.326 e. The molecule has 1 rings (SSSR count). The van der Waals surface area contributed by atoms with Gasteiger partial charge in [-0.2, -0.15) is 0 Å². The van der Waals surface area contributed by atoms with Gasteiger partial charge in [-0.15, -0.1) is 11.3 Å². The minimum atomic E-state index is -0.999. The van der Waals surface area contributed by atoms with E-state index < -0.39 is 12.0 Å². The number of carboxylic acid groups (broad SMARTS) is 1. The zero-order valence-electron chi connectivity index (χ0n) is 10.2. The van der Waals surface area contributed by atoms with Crippen LogP contribution < -0.4 is 5.32 Å². The summed E-state index contributed by atoms with van der Waals surface area (Å²) in [6, 6.07) is 2.79. The number of rotatable bonds is 5. The Hall–Kier alpha value is -1.36. The fourth-order valence-corrected chi connectivity index (χ4v) is 2.27. The van der Waals surface area contributed by atoms with E-state index in [2.05, 4.69) is 5.32 Å². The summed E-state index contributed by atoms with van der Waals surface area (Å²) < 4.78 is 0. The molecule has 0 radical (unpaired) electrons. The van der Waals surface area contributed by atoms with Crippen LogP contribution in [0.1, 0.15) is 35.3 Å². The molecule has 5 heteroatoms. The number of aliphatic carboxylic acids is 1. The van der Waals surface area contributed by atoms with Gasteiger partial charge in [-0.25, -0.2) is 4.79 Å². The Labute approximate surface area is 105 Å². The minimum absolute atomic E-state index is 0.137. The highest BCUT2D eigenvalue weighted by molar-refractivity contribution is 7.14. The molecule has 0 unspecified atom stereocenters. The number of thiophene rings is 1.